The highest BCUT2D eigenvalue weighted by atomic mass is 32.2. The quantitative estimate of drug-likeness (QED) is 0.891. The van der Waals surface area contributed by atoms with Gasteiger partial charge in [0.25, 0.3) is 10.0 Å². The van der Waals surface area contributed by atoms with Crippen molar-refractivity contribution in [3.63, 3.8) is 0 Å². The molecule has 3 heterocycles. The molecule has 0 amide bonds. The number of sulfonamides is 1. The van der Waals surface area contributed by atoms with Gasteiger partial charge >= 0.3 is 0 Å². The van der Waals surface area contributed by atoms with Crippen molar-refractivity contribution in [3.05, 3.63) is 24.4 Å². The highest BCUT2D eigenvalue weighted by Crippen LogP contribution is 2.24. The van der Waals surface area contributed by atoms with Gasteiger partial charge in [-0.15, -0.1) is 0 Å². The normalized spacial score (nSPS) is 17.2. The molecule has 0 spiro atoms. The Morgan fingerprint density at radius 3 is 2.81 bits per heavy atom. The van der Waals surface area contributed by atoms with Crippen LogP contribution < -0.4 is 10.0 Å². The smallest absolute Gasteiger partial charge is 0.260 e. The fourth-order valence-corrected chi connectivity index (χ4v) is 5.19. The molecule has 1 fully saturated rings. The fourth-order valence-electron chi connectivity index (χ4n) is 2.48. The SMILES string of the molecule is CNc1nc2ccccn2c1S(=O)(=O)NC1CCSCC1. The standard InChI is InChI=1S/C13H18N4O2S2/c1-14-12-13(17-7-3-2-4-11(17)15-12)21(18,19)16-10-5-8-20-9-6-10/h2-4,7,10,14,16H,5-6,8-9H2,1H3. The summed E-state index contributed by atoms with van der Waals surface area (Å²) in [7, 11) is -1.93. The van der Waals surface area contributed by atoms with Crippen LogP contribution in [0.4, 0.5) is 5.82 Å². The molecular formula is C13H18N4O2S2. The third kappa shape index (κ3) is 2.88. The van der Waals surface area contributed by atoms with Crippen LogP contribution in [0.2, 0.25) is 0 Å². The largest absolute Gasteiger partial charge is 0.371 e. The number of hydrogen-bond acceptors (Lipinski definition) is 5. The number of imidazole rings is 1. The molecule has 1 saturated heterocycles. The number of anilines is 1. The molecule has 114 valence electrons. The predicted octanol–water partition coefficient (Wildman–Crippen LogP) is 1.55. The van der Waals surface area contributed by atoms with Gasteiger partial charge in [-0.05, 0) is 36.5 Å². The lowest BCUT2D eigenvalue weighted by atomic mass is 10.2. The Kier molecular flexibility index (Phi) is 4.10. The third-order valence-electron chi connectivity index (χ3n) is 3.52. The zero-order valence-corrected chi connectivity index (χ0v) is 13.4. The lowest BCUT2D eigenvalue weighted by Gasteiger charge is -2.22. The van der Waals surface area contributed by atoms with E-state index in [0.29, 0.717) is 11.5 Å². The minimum atomic E-state index is -3.61. The molecular weight excluding hydrogens is 308 g/mol. The van der Waals surface area contributed by atoms with Crippen LogP contribution in [0.25, 0.3) is 5.65 Å². The van der Waals surface area contributed by atoms with E-state index in [1.165, 1.54) is 0 Å². The summed E-state index contributed by atoms with van der Waals surface area (Å²) in [5.74, 6) is 2.37. The van der Waals surface area contributed by atoms with Crippen LogP contribution in [0.3, 0.4) is 0 Å². The van der Waals surface area contributed by atoms with Gasteiger partial charge in [0.15, 0.2) is 10.8 Å². The highest BCUT2D eigenvalue weighted by Gasteiger charge is 2.28. The molecule has 2 N–H and O–H groups in total. The number of pyridine rings is 1. The molecule has 1 aliphatic heterocycles. The van der Waals surface area contributed by atoms with Crippen LogP contribution >= 0.6 is 11.8 Å². The van der Waals surface area contributed by atoms with Gasteiger partial charge in [0, 0.05) is 19.3 Å². The lowest BCUT2D eigenvalue weighted by Crippen LogP contribution is -2.38. The Bertz CT molecular complexity index is 736. The number of aromatic nitrogens is 2. The molecule has 2 aromatic heterocycles. The first-order valence-electron chi connectivity index (χ1n) is 6.87. The number of rotatable bonds is 4. The average Bonchev–Trinajstić information content (AvgIpc) is 2.87. The van der Waals surface area contributed by atoms with Crippen molar-refractivity contribution in [2.45, 2.75) is 23.9 Å². The third-order valence-corrected chi connectivity index (χ3v) is 6.11. The molecule has 1 aliphatic rings. The first-order valence-corrected chi connectivity index (χ1v) is 9.50. The number of fused-ring (bicyclic) bond motifs is 1. The van der Waals surface area contributed by atoms with Crippen molar-refractivity contribution in [2.24, 2.45) is 0 Å². The Morgan fingerprint density at radius 2 is 2.10 bits per heavy atom. The Hall–Kier alpha value is -1.25. The van der Waals surface area contributed by atoms with Gasteiger partial charge in [-0.1, -0.05) is 6.07 Å². The van der Waals surface area contributed by atoms with Crippen molar-refractivity contribution in [1.82, 2.24) is 14.1 Å². The minimum absolute atomic E-state index is 0.00946. The Labute approximate surface area is 128 Å². The highest BCUT2D eigenvalue weighted by molar-refractivity contribution is 7.99. The van der Waals surface area contributed by atoms with Gasteiger partial charge in [-0.2, -0.15) is 11.8 Å². The summed E-state index contributed by atoms with van der Waals surface area (Å²) < 4.78 is 29.9. The Morgan fingerprint density at radius 1 is 1.33 bits per heavy atom. The Balaban J connectivity index is 2.01. The van der Waals surface area contributed by atoms with Crippen LogP contribution in [0, 0.1) is 0 Å². The first kappa shape index (κ1) is 14.7. The van der Waals surface area contributed by atoms with Gasteiger partial charge in [0.05, 0.1) is 0 Å². The molecule has 0 atom stereocenters. The molecule has 0 unspecified atom stereocenters. The fraction of sp³-hybridized carbons (Fsp3) is 0.462. The zero-order chi connectivity index (χ0) is 14.9. The van der Waals surface area contributed by atoms with Crippen molar-refractivity contribution < 1.29 is 8.42 Å². The van der Waals surface area contributed by atoms with E-state index in [1.807, 2.05) is 17.8 Å². The maximum atomic E-state index is 12.7. The molecule has 0 bridgehead atoms. The zero-order valence-electron chi connectivity index (χ0n) is 11.7. The van der Waals surface area contributed by atoms with E-state index < -0.39 is 10.0 Å². The summed E-state index contributed by atoms with van der Waals surface area (Å²) in [4.78, 5) is 4.32. The molecule has 0 aliphatic carbocycles. The van der Waals surface area contributed by atoms with Crippen molar-refractivity contribution in [2.75, 3.05) is 23.9 Å². The van der Waals surface area contributed by atoms with E-state index in [0.717, 1.165) is 24.3 Å². The molecule has 6 nitrogen and oxygen atoms in total. The molecule has 0 aromatic carbocycles. The second-order valence-electron chi connectivity index (χ2n) is 4.95. The van der Waals surface area contributed by atoms with Crippen LogP contribution in [0.15, 0.2) is 29.4 Å². The van der Waals surface area contributed by atoms with Crippen molar-refractivity contribution in [3.8, 4) is 0 Å². The average molecular weight is 326 g/mol. The molecule has 3 rings (SSSR count). The summed E-state index contributed by atoms with van der Waals surface area (Å²) in [6.45, 7) is 0. The number of thioether (sulfide) groups is 1. The van der Waals surface area contributed by atoms with Crippen LogP contribution in [-0.2, 0) is 10.0 Å². The summed E-state index contributed by atoms with van der Waals surface area (Å²) in [6, 6.07) is 5.43. The maximum Gasteiger partial charge on any atom is 0.260 e. The first-order chi connectivity index (χ1) is 10.1. The number of nitrogens with one attached hydrogen (secondary N) is 2. The van der Waals surface area contributed by atoms with Crippen LogP contribution in [0.1, 0.15) is 12.8 Å². The summed E-state index contributed by atoms with van der Waals surface area (Å²) in [5, 5.41) is 3.05. The predicted molar refractivity (Wildman–Crippen MR) is 85.4 cm³/mol. The van der Waals surface area contributed by atoms with Gasteiger partial charge in [0.2, 0.25) is 0 Å². The number of nitrogens with zero attached hydrogens (tertiary/aromatic N) is 2. The summed E-state index contributed by atoms with van der Waals surface area (Å²) >= 11 is 1.87. The van der Waals surface area contributed by atoms with E-state index in [4.69, 9.17) is 0 Å². The second-order valence-corrected chi connectivity index (χ2v) is 7.81. The van der Waals surface area contributed by atoms with E-state index in [-0.39, 0.29) is 11.1 Å². The van der Waals surface area contributed by atoms with E-state index in [1.54, 1.807) is 29.8 Å². The van der Waals surface area contributed by atoms with Gasteiger partial charge in [-0.3, -0.25) is 4.40 Å². The van der Waals surface area contributed by atoms with Crippen LogP contribution in [0.5, 0.6) is 0 Å². The topological polar surface area (TPSA) is 75.5 Å². The number of hydrogen-bond donors (Lipinski definition) is 2. The van der Waals surface area contributed by atoms with Crippen LogP contribution in [-0.4, -0.2) is 42.4 Å². The molecule has 8 heteroatoms. The van der Waals surface area contributed by atoms with E-state index >= 15 is 0 Å². The van der Waals surface area contributed by atoms with Gasteiger partial charge in [0.1, 0.15) is 5.65 Å². The summed E-state index contributed by atoms with van der Waals surface area (Å²) in [6.07, 6.45) is 3.46. The van der Waals surface area contributed by atoms with Gasteiger partial charge < -0.3 is 5.32 Å². The second kappa shape index (κ2) is 5.86. The molecule has 2 aromatic rings. The van der Waals surface area contributed by atoms with Crippen molar-refractivity contribution in [1.29, 1.82) is 0 Å². The van der Waals surface area contributed by atoms with Gasteiger partial charge in [-0.25, -0.2) is 18.1 Å². The molecule has 0 saturated carbocycles. The van der Waals surface area contributed by atoms with E-state index in [9.17, 15) is 8.42 Å². The molecule has 0 radical (unpaired) electrons. The van der Waals surface area contributed by atoms with E-state index in [2.05, 4.69) is 15.0 Å². The molecule has 21 heavy (non-hydrogen) atoms. The minimum Gasteiger partial charge on any atom is -0.371 e. The maximum absolute atomic E-state index is 12.7. The monoisotopic (exact) mass is 326 g/mol. The lowest BCUT2D eigenvalue weighted by molar-refractivity contribution is 0.526. The van der Waals surface area contributed by atoms with Crippen molar-refractivity contribution >= 4 is 33.3 Å². The summed E-state index contributed by atoms with van der Waals surface area (Å²) in [5.41, 5.74) is 0.612.